The maximum Gasteiger partial charge on any atom is 0.0758 e. The normalized spacial score (nSPS) is 12.7. The number of aromatic nitrogens is 1. The zero-order valence-electron chi connectivity index (χ0n) is 10.2. The molecule has 0 saturated heterocycles. The predicted octanol–water partition coefficient (Wildman–Crippen LogP) is 3.97. The van der Waals surface area contributed by atoms with Crippen LogP contribution >= 0.6 is 11.6 Å². The van der Waals surface area contributed by atoms with Crippen molar-refractivity contribution in [3.05, 3.63) is 29.0 Å². The average molecular weight is 241 g/mol. The van der Waals surface area contributed by atoms with Gasteiger partial charge in [-0.05, 0) is 31.5 Å². The van der Waals surface area contributed by atoms with E-state index in [1.54, 1.807) is 0 Å². The minimum Gasteiger partial charge on any atom is -0.309 e. The summed E-state index contributed by atoms with van der Waals surface area (Å²) >= 11 is 6.17. The summed E-state index contributed by atoms with van der Waals surface area (Å²) in [6.45, 7) is 5.39. The molecular weight excluding hydrogens is 220 g/mol. The summed E-state index contributed by atoms with van der Waals surface area (Å²) in [5.41, 5.74) is 0.992. The Hall–Kier alpha value is -0.600. The van der Waals surface area contributed by atoms with E-state index in [-0.39, 0.29) is 0 Å². The number of hydrogen-bond acceptors (Lipinski definition) is 2. The molecule has 1 aromatic rings. The van der Waals surface area contributed by atoms with Crippen molar-refractivity contribution in [1.82, 2.24) is 10.3 Å². The van der Waals surface area contributed by atoms with Crippen LogP contribution in [0, 0.1) is 0 Å². The molecule has 0 bridgehead atoms. The maximum absolute atomic E-state index is 6.17. The molecule has 1 atom stereocenters. The summed E-state index contributed by atoms with van der Waals surface area (Å²) in [5, 5.41) is 4.28. The smallest absolute Gasteiger partial charge is 0.0758 e. The van der Waals surface area contributed by atoms with E-state index in [2.05, 4.69) is 24.1 Å². The Bertz CT molecular complexity index is 294. The minimum atomic E-state index is 0.300. The molecule has 0 fully saturated rings. The van der Waals surface area contributed by atoms with Crippen molar-refractivity contribution in [3.63, 3.8) is 0 Å². The molecule has 0 spiro atoms. The molecule has 0 aliphatic heterocycles. The molecule has 0 radical (unpaired) electrons. The third kappa shape index (κ3) is 4.11. The molecule has 0 aliphatic carbocycles. The molecule has 0 saturated carbocycles. The molecule has 1 N–H and O–H groups in total. The summed E-state index contributed by atoms with van der Waals surface area (Å²) in [5.74, 6) is 0. The number of nitrogens with one attached hydrogen (secondary N) is 1. The van der Waals surface area contributed by atoms with E-state index in [4.69, 9.17) is 11.6 Å². The molecule has 1 rings (SSSR count). The summed E-state index contributed by atoms with van der Waals surface area (Å²) in [6, 6.07) is 4.09. The van der Waals surface area contributed by atoms with Gasteiger partial charge in [-0.3, -0.25) is 4.98 Å². The van der Waals surface area contributed by atoms with Crippen LogP contribution in [0.25, 0.3) is 0 Å². The third-order valence-corrected chi connectivity index (χ3v) is 2.92. The van der Waals surface area contributed by atoms with E-state index in [1.807, 2.05) is 18.3 Å². The van der Waals surface area contributed by atoms with E-state index in [0.717, 1.165) is 30.1 Å². The summed E-state index contributed by atoms with van der Waals surface area (Å²) in [7, 11) is 0. The summed E-state index contributed by atoms with van der Waals surface area (Å²) in [4.78, 5) is 4.39. The van der Waals surface area contributed by atoms with Crippen LogP contribution in [0.15, 0.2) is 18.3 Å². The molecule has 2 nitrogen and oxygen atoms in total. The number of unbranched alkanes of at least 4 members (excludes halogenated alkanes) is 1. The number of hydrogen-bond donors (Lipinski definition) is 1. The zero-order valence-corrected chi connectivity index (χ0v) is 10.9. The number of pyridine rings is 1. The van der Waals surface area contributed by atoms with Crippen LogP contribution in [0.2, 0.25) is 5.02 Å². The fraction of sp³-hybridized carbons (Fsp3) is 0.615. The van der Waals surface area contributed by atoms with Gasteiger partial charge in [-0.25, -0.2) is 0 Å². The first-order chi connectivity index (χ1) is 7.79. The Morgan fingerprint density at radius 2 is 2.19 bits per heavy atom. The van der Waals surface area contributed by atoms with Gasteiger partial charge in [-0.2, -0.15) is 0 Å². The first kappa shape index (κ1) is 13.5. The molecule has 3 heteroatoms. The Kier molecular flexibility index (Phi) is 6.43. The SMILES string of the molecule is CCCCC(NCCC)c1ncccc1Cl. The largest absolute Gasteiger partial charge is 0.309 e. The van der Waals surface area contributed by atoms with Crippen molar-refractivity contribution in [2.45, 2.75) is 45.6 Å². The minimum absolute atomic E-state index is 0.300. The quantitative estimate of drug-likeness (QED) is 0.780. The molecule has 1 aromatic heterocycles. The van der Waals surface area contributed by atoms with Crippen molar-refractivity contribution >= 4 is 11.6 Å². The van der Waals surface area contributed by atoms with Gasteiger partial charge >= 0.3 is 0 Å². The van der Waals surface area contributed by atoms with Gasteiger partial charge in [-0.15, -0.1) is 0 Å². The Labute approximate surface area is 103 Å². The number of rotatable bonds is 7. The molecule has 1 heterocycles. The second kappa shape index (κ2) is 7.64. The number of halogens is 1. The van der Waals surface area contributed by atoms with E-state index in [1.165, 1.54) is 12.8 Å². The first-order valence-electron chi connectivity index (χ1n) is 6.13. The van der Waals surface area contributed by atoms with Gasteiger partial charge in [0.15, 0.2) is 0 Å². The van der Waals surface area contributed by atoms with Crippen molar-refractivity contribution in [2.24, 2.45) is 0 Å². The van der Waals surface area contributed by atoms with Crippen molar-refractivity contribution in [1.29, 1.82) is 0 Å². The fourth-order valence-electron chi connectivity index (χ4n) is 1.72. The zero-order chi connectivity index (χ0) is 11.8. The summed E-state index contributed by atoms with van der Waals surface area (Å²) in [6.07, 6.45) is 6.46. The van der Waals surface area contributed by atoms with Crippen LogP contribution in [0.5, 0.6) is 0 Å². The average Bonchev–Trinajstić information content (AvgIpc) is 2.31. The third-order valence-electron chi connectivity index (χ3n) is 2.60. The molecule has 0 amide bonds. The van der Waals surface area contributed by atoms with E-state index < -0.39 is 0 Å². The van der Waals surface area contributed by atoms with Crippen LogP contribution in [-0.4, -0.2) is 11.5 Å². The van der Waals surface area contributed by atoms with Gasteiger partial charge < -0.3 is 5.32 Å². The lowest BCUT2D eigenvalue weighted by atomic mass is 10.1. The van der Waals surface area contributed by atoms with E-state index in [0.29, 0.717) is 6.04 Å². The molecule has 90 valence electrons. The van der Waals surface area contributed by atoms with Gasteiger partial charge in [0.05, 0.1) is 16.8 Å². The maximum atomic E-state index is 6.17. The Balaban J connectivity index is 2.70. The molecule has 0 aromatic carbocycles. The lowest BCUT2D eigenvalue weighted by Crippen LogP contribution is -2.23. The lowest BCUT2D eigenvalue weighted by Gasteiger charge is -2.18. The predicted molar refractivity (Wildman–Crippen MR) is 69.8 cm³/mol. The van der Waals surface area contributed by atoms with Crippen LogP contribution in [0.4, 0.5) is 0 Å². The first-order valence-corrected chi connectivity index (χ1v) is 6.51. The van der Waals surface area contributed by atoms with E-state index in [9.17, 15) is 0 Å². The topological polar surface area (TPSA) is 24.9 Å². The van der Waals surface area contributed by atoms with Gasteiger partial charge in [0.2, 0.25) is 0 Å². The summed E-state index contributed by atoms with van der Waals surface area (Å²) < 4.78 is 0. The van der Waals surface area contributed by atoms with Crippen LogP contribution in [-0.2, 0) is 0 Å². The second-order valence-electron chi connectivity index (χ2n) is 4.02. The standard InChI is InChI=1S/C13H21ClN2/c1-3-5-8-12(15-9-4-2)13-11(14)7-6-10-16-13/h6-7,10,12,15H,3-5,8-9H2,1-2H3. The molecule has 1 unspecified atom stereocenters. The highest BCUT2D eigenvalue weighted by Gasteiger charge is 2.14. The molecule has 0 aliphatic rings. The van der Waals surface area contributed by atoms with Crippen LogP contribution in [0.1, 0.15) is 51.3 Å². The highest BCUT2D eigenvalue weighted by Crippen LogP contribution is 2.24. The molecule has 16 heavy (non-hydrogen) atoms. The van der Waals surface area contributed by atoms with Crippen molar-refractivity contribution < 1.29 is 0 Å². The number of nitrogens with zero attached hydrogens (tertiary/aromatic N) is 1. The lowest BCUT2D eigenvalue weighted by molar-refractivity contribution is 0.472. The van der Waals surface area contributed by atoms with E-state index >= 15 is 0 Å². The Morgan fingerprint density at radius 1 is 1.38 bits per heavy atom. The fourth-order valence-corrected chi connectivity index (χ4v) is 1.97. The van der Waals surface area contributed by atoms with Crippen molar-refractivity contribution in [2.75, 3.05) is 6.54 Å². The van der Waals surface area contributed by atoms with Gasteiger partial charge in [0, 0.05) is 6.20 Å². The van der Waals surface area contributed by atoms with Gasteiger partial charge in [-0.1, -0.05) is 38.3 Å². The monoisotopic (exact) mass is 240 g/mol. The van der Waals surface area contributed by atoms with Crippen molar-refractivity contribution in [3.8, 4) is 0 Å². The van der Waals surface area contributed by atoms with Gasteiger partial charge in [0.25, 0.3) is 0 Å². The highest BCUT2D eigenvalue weighted by atomic mass is 35.5. The Morgan fingerprint density at radius 3 is 2.81 bits per heavy atom. The highest BCUT2D eigenvalue weighted by molar-refractivity contribution is 6.31. The van der Waals surface area contributed by atoms with Crippen LogP contribution < -0.4 is 5.32 Å². The van der Waals surface area contributed by atoms with Gasteiger partial charge in [0.1, 0.15) is 0 Å². The molecular formula is C13H21ClN2. The second-order valence-corrected chi connectivity index (χ2v) is 4.43. The van der Waals surface area contributed by atoms with Crippen LogP contribution in [0.3, 0.4) is 0 Å².